The fourth-order valence-corrected chi connectivity index (χ4v) is 0.887. The Labute approximate surface area is 76.3 Å². The molecule has 0 spiro atoms. The number of aliphatic hydroxyl groups is 1. The first kappa shape index (κ1) is 9.89. The van der Waals surface area contributed by atoms with Gasteiger partial charge in [-0.2, -0.15) is 0 Å². The van der Waals surface area contributed by atoms with Gasteiger partial charge in [-0.1, -0.05) is 30.3 Å². The Morgan fingerprint density at radius 2 is 2.08 bits per heavy atom. The minimum absolute atomic E-state index is 0.429. The Morgan fingerprint density at radius 1 is 1.46 bits per heavy atom. The highest BCUT2D eigenvalue weighted by atomic mass is 19.1. The molecule has 0 aromatic heterocycles. The number of hydrogen-bond acceptors (Lipinski definition) is 2. The molecular weight excluding hydrogens is 171 g/mol. The van der Waals surface area contributed by atoms with Crippen molar-refractivity contribution >= 4 is 5.83 Å². The monoisotopic (exact) mass is 182 g/mol. The van der Waals surface area contributed by atoms with Crippen molar-refractivity contribution in [1.29, 1.82) is 0 Å². The number of benzene rings is 1. The van der Waals surface area contributed by atoms with E-state index >= 15 is 0 Å². The second-order valence-electron chi connectivity index (χ2n) is 2.51. The van der Waals surface area contributed by atoms with Crippen molar-refractivity contribution in [3.05, 3.63) is 42.0 Å². The van der Waals surface area contributed by atoms with Crippen LogP contribution in [0.5, 0.6) is 0 Å². The van der Waals surface area contributed by atoms with Gasteiger partial charge in [-0.05, 0) is 0 Å². The SMILES string of the molecule is COC(O)C=C(F)c1ccccc1. The van der Waals surface area contributed by atoms with Crippen molar-refractivity contribution in [2.45, 2.75) is 6.29 Å². The molecule has 1 rings (SSSR count). The molecule has 0 saturated carbocycles. The normalized spacial score (nSPS) is 14.2. The lowest BCUT2D eigenvalue weighted by molar-refractivity contribution is -0.0357. The van der Waals surface area contributed by atoms with E-state index in [0.29, 0.717) is 5.56 Å². The average molecular weight is 182 g/mol. The van der Waals surface area contributed by atoms with E-state index in [-0.39, 0.29) is 0 Å². The highest BCUT2D eigenvalue weighted by molar-refractivity contribution is 5.58. The molecule has 2 nitrogen and oxygen atoms in total. The van der Waals surface area contributed by atoms with E-state index < -0.39 is 12.1 Å². The maximum Gasteiger partial charge on any atom is 0.176 e. The minimum atomic E-state index is -1.19. The van der Waals surface area contributed by atoms with Crippen LogP contribution in [0.15, 0.2) is 36.4 Å². The van der Waals surface area contributed by atoms with E-state index in [1.54, 1.807) is 30.3 Å². The van der Waals surface area contributed by atoms with E-state index in [1.165, 1.54) is 7.11 Å². The molecule has 1 unspecified atom stereocenters. The summed E-state index contributed by atoms with van der Waals surface area (Å²) in [5.41, 5.74) is 0.429. The maximum absolute atomic E-state index is 13.2. The van der Waals surface area contributed by atoms with E-state index in [0.717, 1.165) is 6.08 Å². The molecular formula is C10H11FO2. The molecule has 0 radical (unpaired) electrons. The van der Waals surface area contributed by atoms with Crippen LogP contribution in [0.25, 0.3) is 5.83 Å². The molecule has 0 heterocycles. The van der Waals surface area contributed by atoms with Crippen LogP contribution < -0.4 is 0 Å². The fourth-order valence-electron chi connectivity index (χ4n) is 0.887. The summed E-state index contributed by atoms with van der Waals surface area (Å²) < 4.78 is 17.7. The summed E-state index contributed by atoms with van der Waals surface area (Å²) in [6.07, 6.45) is -0.185. The van der Waals surface area contributed by atoms with E-state index in [1.807, 2.05) is 0 Å². The molecule has 1 aromatic rings. The van der Waals surface area contributed by atoms with Crippen molar-refractivity contribution in [3.63, 3.8) is 0 Å². The van der Waals surface area contributed by atoms with Gasteiger partial charge in [0.05, 0.1) is 0 Å². The van der Waals surface area contributed by atoms with E-state index in [2.05, 4.69) is 4.74 Å². The van der Waals surface area contributed by atoms with Crippen molar-refractivity contribution in [2.75, 3.05) is 7.11 Å². The Kier molecular flexibility index (Phi) is 3.61. The van der Waals surface area contributed by atoms with Gasteiger partial charge in [-0.15, -0.1) is 0 Å². The molecule has 70 valence electrons. The average Bonchev–Trinajstić information content (AvgIpc) is 2.19. The van der Waals surface area contributed by atoms with E-state index in [9.17, 15) is 4.39 Å². The van der Waals surface area contributed by atoms with Crippen LogP contribution in [0, 0.1) is 0 Å². The van der Waals surface area contributed by atoms with Crippen LogP contribution >= 0.6 is 0 Å². The van der Waals surface area contributed by atoms with Crippen molar-refractivity contribution in [3.8, 4) is 0 Å². The lowest BCUT2D eigenvalue weighted by Crippen LogP contribution is -2.04. The molecule has 0 amide bonds. The summed E-state index contributed by atoms with van der Waals surface area (Å²) in [6, 6.07) is 8.48. The number of halogens is 1. The van der Waals surface area contributed by atoms with Gasteiger partial charge >= 0.3 is 0 Å². The highest BCUT2D eigenvalue weighted by Crippen LogP contribution is 2.15. The van der Waals surface area contributed by atoms with Crippen LogP contribution in [0.1, 0.15) is 5.56 Å². The zero-order valence-electron chi connectivity index (χ0n) is 7.27. The summed E-state index contributed by atoms with van der Waals surface area (Å²) >= 11 is 0. The molecule has 0 aliphatic rings. The standard InChI is InChI=1S/C10H11FO2/c1-13-10(12)7-9(11)8-5-3-2-4-6-8/h2-7,10,12H,1H3. The maximum atomic E-state index is 13.2. The number of ether oxygens (including phenoxy) is 1. The predicted molar refractivity (Wildman–Crippen MR) is 48.5 cm³/mol. The molecule has 0 bridgehead atoms. The van der Waals surface area contributed by atoms with Crippen molar-refractivity contribution < 1.29 is 14.2 Å². The highest BCUT2D eigenvalue weighted by Gasteiger charge is 2.02. The molecule has 0 saturated heterocycles. The third-order valence-electron chi connectivity index (χ3n) is 1.58. The summed E-state index contributed by atoms with van der Waals surface area (Å²) in [5.74, 6) is -0.491. The zero-order chi connectivity index (χ0) is 9.68. The number of hydrogen-bond donors (Lipinski definition) is 1. The van der Waals surface area contributed by atoms with Gasteiger partial charge in [0.25, 0.3) is 0 Å². The number of methoxy groups -OCH3 is 1. The lowest BCUT2D eigenvalue weighted by Gasteiger charge is -2.02. The third kappa shape index (κ3) is 2.97. The molecule has 1 atom stereocenters. The van der Waals surface area contributed by atoms with Crippen LogP contribution in [-0.2, 0) is 4.74 Å². The predicted octanol–water partition coefficient (Wildman–Crippen LogP) is 1.96. The zero-order valence-corrected chi connectivity index (χ0v) is 7.27. The molecule has 13 heavy (non-hydrogen) atoms. The molecule has 3 heteroatoms. The lowest BCUT2D eigenvalue weighted by atomic mass is 10.2. The molecule has 1 N–H and O–H groups in total. The second-order valence-corrected chi connectivity index (χ2v) is 2.51. The Hall–Kier alpha value is -1.19. The summed E-state index contributed by atoms with van der Waals surface area (Å²) in [7, 11) is 1.31. The number of aliphatic hydroxyl groups excluding tert-OH is 1. The quantitative estimate of drug-likeness (QED) is 0.724. The van der Waals surface area contributed by atoms with Gasteiger partial charge in [-0.25, -0.2) is 4.39 Å². The fraction of sp³-hybridized carbons (Fsp3) is 0.200. The van der Waals surface area contributed by atoms with Gasteiger partial charge in [0.15, 0.2) is 6.29 Å². The van der Waals surface area contributed by atoms with Crippen LogP contribution in [-0.4, -0.2) is 18.5 Å². The Balaban J connectivity index is 2.79. The second kappa shape index (κ2) is 4.74. The minimum Gasteiger partial charge on any atom is -0.365 e. The molecule has 1 aromatic carbocycles. The summed E-state index contributed by atoms with van der Waals surface area (Å²) in [6.45, 7) is 0. The van der Waals surface area contributed by atoms with Gasteiger partial charge in [0.1, 0.15) is 5.83 Å². The van der Waals surface area contributed by atoms with Crippen molar-refractivity contribution in [1.82, 2.24) is 0 Å². The number of rotatable bonds is 3. The van der Waals surface area contributed by atoms with E-state index in [4.69, 9.17) is 5.11 Å². The smallest absolute Gasteiger partial charge is 0.176 e. The Bertz CT molecular complexity index is 282. The van der Waals surface area contributed by atoms with Crippen LogP contribution in [0.2, 0.25) is 0 Å². The molecule has 0 aliphatic heterocycles. The van der Waals surface area contributed by atoms with Gasteiger partial charge in [0, 0.05) is 18.7 Å². The first-order valence-electron chi connectivity index (χ1n) is 3.87. The Morgan fingerprint density at radius 3 is 2.62 bits per heavy atom. The molecule has 0 fully saturated rings. The van der Waals surface area contributed by atoms with Gasteiger partial charge < -0.3 is 9.84 Å². The summed E-state index contributed by atoms with van der Waals surface area (Å²) in [5, 5.41) is 8.95. The van der Waals surface area contributed by atoms with Gasteiger partial charge in [0.2, 0.25) is 0 Å². The summed E-state index contributed by atoms with van der Waals surface area (Å²) in [4.78, 5) is 0. The van der Waals surface area contributed by atoms with Crippen molar-refractivity contribution in [2.24, 2.45) is 0 Å². The van der Waals surface area contributed by atoms with Crippen LogP contribution in [0.4, 0.5) is 4.39 Å². The van der Waals surface area contributed by atoms with Crippen LogP contribution in [0.3, 0.4) is 0 Å². The largest absolute Gasteiger partial charge is 0.365 e. The molecule has 0 aliphatic carbocycles. The third-order valence-corrected chi connectivity index (χ3v) is 1.58. The topological polar surface area (TPSA) is 29.5 Å². The first-order valence-corrected chi connectivity index (χ1v) is 3.87. The van der Waals surface area contributed by atoms with Gasteiger partial charge in [-0.3, -0.25) is 0 Å². The first-order chi connectivity index (χ1) is 6.24.